The Morgan fingerprint density at radius 1 is 0.929 bits per heavy atom. The summed E-state index contributed by atoms with van der Waals surface area (Å²) in [7, 11) is 1.55. The van der Waals surface area contributed by atoms with Gasteiger partial charge in [-0.1, -0.05) is 34.6 Å². The number of rotatable bonds is 12. The fourth-order valence-electron chi connectivity index (χ4n) is 2.67. The van der Waals surface area contributed by atoms with Crippen molar-refractivity contribution < 1.29 is 28.7 Å². The number of nitrogens with zero attached hydrogens (tertiary/aromatic N) is 1. The molecule has 160 valence electrons. The second-order valence-electron chi connectivity index (χ2n) is 8.13. The van der Waals surface area contributed by atoms with E-state index in [4.69, 9.17) is 9.47 Å². The van der Waals surface area contributed by atoms with Gasteiger partial charge in [0.1, 0.15) is 24.3 Å². The summed E-state index contributed by atoms with van der Waals surface area (Å²) in [5.41, 5.74) is 0.0446. The summed E-state index contributed by atoms with van der Waals surface area (Å²) >= 11 is 0. The molecule has 0 N–H and O–H groups in total. The van der Waals surface area contributed by atoms with Crippen molar-refractivity contribution in [3.63, 3.8) is 0 Å². The fraction of sp³-hybridized carbons (Fsp3) is 0.762. The second-order valence-corrected chi connectivity index (χ2v) is 8.13. The zero-order valence-corrected chi connectivity index (χ0v) is 18.4. The van der Waals surface area contributed by atoms with Gasteiger partial charge in [0, 0.05) is 7.05 Å². The molecule has 0 aliphatic heterocycles. The van der Waals surface area contributed by atoms with Gasteiger partial charge in [0.2, 0.25) is 0 Å². The molecule has 0 spiro atoms. The van der Waals surface area contributed by atoms with Crippen molar-refractivity contribution in [1.82, 2.24) is 4.90 Å². The third-order valence-corrected chi connectivity index (χ3v) is 4.42. The lowest BCUT2D eigenvalue weighted by molar-refractivity contribution is -0.158. The van der Waals surface area contributed by atoms with Gasteiger partial charge in [0.15, 0.2) is 11.9 Å². The predicted octanol–water partition coefficient (Wildman–Crippen LogP) is 2.79. The van der Waals surface area contributed by atoms with Crippen LogP contribution in [0.1, 0.15) is 61.3 Å². The number of carbonyl (C=O) groups excluding carboxylic acids is 4. The highest BCUT2D eigenvalue weighted by Gasteiger charge is 2.30. The van der Waals surface area contributed by atoms with Gasteiger partial charge in [-0.05, 0) is 38.5 Å². The molecule has 0 aromatic heterocycles. The zero-order valence-electron chi connectivity index (χ0n) is 18.4. The Labute approximate surface area is 168 Å². The van der Waals surface area contributed by atoms with E-state index in [1.807, 2.05) is 27.7 Å². The van der Waals surface area contributed by atoms with E-state index >= 15 is 0 Å². The van der Waals surface area contributed by atoms with E-state index in [1.165, 1.54) is 18.7 Å². The number of esters is 2. The highest BCUT2D eigenvalue weighted by Crippen LogP contribution is 2.18. The van der Waals surface area contributed by atoms with Crippen LogP contribution in [0, 0.1) is 17.8 Å². The number of likely N-dealkylation sites (N-methyl/N-ethyl adjacent to an activating group) is 1. The average molecular weight is 398 g/mol. The van der Waals surface area contributed by atoms with Crippen molar-refractivity contribution in [1.29, 1.82) is 0 Å². The lowest BCUT2D eigenvalue weighted by Gasteiger charge is -2.30. The van der Waals surface area contributed by atoms with Crippen molar-refractivity contribution in [3.05, 3.63) is 5.70 Å². The largest absolute Gasteiger partial charge is 0.458 e. The van der Waals surface area contributed by atoms with E-state index in [2.05, 4.69) is 0 Å². The van der Waals surface area contributed by atoms with Crippen LogP contribution in [0.15, 0.2) is 5.70 Å². The highest BCUT2D eigenvalue weighted by molar-refractivity contribution is 5.84. The van der Waals surface area contributed by atoms with Gasteiger partial charge in [0.25, 0.3) is 0 Å². The summed E-state index contributed by atoms with van der Waals surface area (Å²) in [6.07, 6.45) is 0.219. The van der Waals surface area contributed by atoms with Gasteiger partial charge in [-0.15, -0.1) is 0 Å². The van der Waals surface area contributed by atoms with Crippen molar-refractivity contribution in [2.75, 3.05) is 13.7 Å². The van der Waals surface area contributed by atoms with Crippen molar-refractivity contribution in [3.8, 4) is 0 Å². The normalized spacial score (nSPS) is 14.1. The second kappa shape index (κ2) is 12.3. The monoisotopic (exact) mass is 397 g/mol. The van der Waals surface area contributed by atoms with Crippen LogP contribution in [0.5, 0.6) is 0 Å². The summed E-state index contributed by atoms with van der Waals surface area (Å²) in [4.78, 5) is 48.9. The van der Waals surface area contributed by atoms with E-state index in [0.717, 1.165) is 0 Å². The summed E-state index contributed by atoms with van der Waals surface area (Å²) in [6.45, 7) is 12.2. The Hall–Kier alpha value is -2.14. The summed E-state index contributed by atoms with van der Waals surface area (Å²) in [5, 5.41) is 0. The molecule has 3 atom stereocenters. The minimum Gasteiger partial charge on any atom is -0.458 e. The van der Waals surface area contributed by atoms with Gasteiger partial charge >= 0.3 is 11.9 Å². The molecule has 3 unspecified atom stereocenters. The van der Waals surface area contributed by atoms with E-state index in [9.17, 15) is 19.2 Å². The number of ketones is 1. The maximum Gasteiger partial charge on any atom is 0.329 e. The van der Waals surface area contributed by atoms with Crippen molar-refractivity contribution in [2.45, 2.75) is 73.5 Å². The van der Waals surface area contributed by atoms with Crippen LogP contribution in [0.2, 0.25) is 0 Å². The molecule has 7 nitrogen and oxygen atoms in total. The first-order chi connectivity index (χ1) is 12.9. The smallest absolute Gasteiger partial charge is 0.329 e. The number of ether oxygens (including phenoxy) is 2. The molecule has 0 rings (SSSR count). The summed E-state index contributed by atoms with van der Waals surface area (Å²) < 4.78 is 10.5. The van der Waals surface area contributed by atoms with E-state index in [1.54, 1.807) is 19.9 Å². The Bertz CT molecular complexity index is 592. The van der Waals surface area contributed by atoms with Crippen LogP contribution in [-0.4, -0.2) is 54.4 Å². The molecule has 0 heterocycles. The molecule has 0 radical (unpaired) electrons. The topological polar surface area (TPSA) is 90.0 Å². The first kappa shape index (κ1) is 25.9. The molecule has 0 aliphatic rings. The lowest BCUT2D eigenvalue weighted by Crippen LogP contribution is -2.43. The van der Waals surface area contributed by atoms with Crippen molar-refractivity contribution in [2.24, 2.45) is 17.8 Å². The van der Waals surface area contributed by atoms with E-state index in [0.29, 0.717) is 18.8 Å². The molecule has 7 heteroatoms. The first-order valence-corrected chi connectivity index (χ1v) is 9.74. The van der Waals surface area contributed by atoms with Crippen LogP contribution >= 0.6 is 0 Å². The fourth-order valence-corrected chi connectivity index (χ4v) is 2.67. The van der Waals surface area contributed by atoms with Crippen LogP contribution in [0.25, 0.3) is 0 Å². The van der Waals surface area contributed by atoms with E-state index < -0.39 is 24.1 Å². The van der Waals surface area contributed by atoms with Gasteiger partial charge in [-0.3, -0.25) is 9.59 Å². The number of Topliss-reactive ketones (excluding diaryl/α,β-unsaturated/α-hetero) is 1. The molecule has 0 saturated heterocycles. The Balaban J connectivity index is 5.18. The third-order valence-electron chi connectivity index (χ3n) is 4.42. The minimum atomic E-state index is -0.867. The maximum atomic E-state index is 12.6. The van der Waals surface area contributed by atoms with Gasteiger partial charge < -0.3 is 14.4 Å². The Morgan fingerprint density at radius 3 is 1.89 bits per heavy atom. The molecular formula is C21H35NO6. The van der Waals surface area contributed by atoms with Gasteiger partial charge in [-0.2, -0.15) is 0 Å². The molecule has 0 saturated carbocycles. The van der Waals surface area contributed by atoms with Crippen LogP contribution in [-0.2, 0) is 28.7 Å². The molecule has 0 aromatic rings. The van der Waals surface area contributed by atoms with Crippen molar-refractivity contribution >= 4 is 23.7 Å². The number of carbonyl (C=O) groups is 3. The molecular weight excluding hydrogens is 362 g/mol. The molecule has 0 bridgehead atoms. The van der Waals surface area contributed by atoms with Gasteiger partial charge in [0.05, 0.1) is 5.92 Å². The minimum absolute atomic E-state index is 0.0446. The summed E-state index contributed by atoms with van der Waals surface area (Å²) in [5.74, 6) is 0.686. The highest BCUT2D eigenvalue weighted by atomic mass is 16.5. The standard InChI is InChI=1S/C21H35NO6/c1-13(2)9-15(5)20(25)27-12-18(11-23)22(8)19(10-14(3)4)21(26)28-17(7)16(6)24/h13-15,17,19H,9-10,12H2,1-8H3. The van der Waals surface area contributed by atoms with Crippen LogP contribution in [0.3, 0.4) is 0 Å². The molecule has 0 fully saturated rings. The first-order valence-electron chi connectivity index (χ1n) is 9.74. The maximum absolute atomic E-state index is 12.6. The zero-order chi connectivity index (χ0) is 22.0. The molecule has 28 heavy (non-hydrogen) atoms. The Morgan fingerprint density at radius 2 is 1.46 bits per heavy atom. The SMILES string of the molecule is CC(=O)C(C)OC(=O)C(CC(C)C)N(C)C(=C=O)COC(=O)C(C)CC(C)C. The van der Waals surface area contributed by atoms with Crippen LogP contribution in [0.4, 0.5) is 0 Å². The van der Waals surface area contributed by atoms with Crippen LogP contribution < -0.4 is 0 Å². The lowest BCUT2D eigenvalue weighted by atomic mass is 9.99. The number of hydrogen-bond donors (Lipinski definition) is 0. The molecule has 0 aromatic carbocycles. The van der Waals surface area contributed by atoms with Gasteiger partial charge in [-0.25, -0.2) is 9.59 Å². The van der Waals surface area contributed by atoms with E-state index in [-0.39, 0.29) is 29.9 Å². The Kier molecular flexibility index (Phi) is 11.4. The third kappa shape index (κ3) is 9.18. The average Bonchev–Trinajstić information content (AvgIpc) is 2.58. The predicted molar refractivity (Wildman–Crippen MR) is 106 cm³/mol. The quantitative estimate of drug-likeness (QED) is 0.369. The number of hydrogen-bond acceptors (Lipinski definition) is 7. The molecule has 0 aliphatic carbocycles. The summed E-state index contributed by atoms with van der Waals surface area (Å²) in [6, 6.07) is -0.787. The molecule has 0 amide bonds.